The Morgan fingerprint density at radius 3 is 1.65 bits per heavy atom. The van der Waals surface area contributed by atoms with Gasteiger partial charge in [0.1, 0.15) is 0 Å². The standard InChI is InChI=1S/C33H64N4/c1-30(2,3)27-11-17-34(18-12-27)21-26-22-37(23-26)33(9,10)16-15-32(7,8)28-13-19-35(20-14-28)29-24-36(25-29)31(4,5)6/h26-29H,11-25H2,1-10H3. The van der Waals surface area contributed by atoms with Crippen LogP contribution in [-0.4, -0.2) is 95.6 Å². The van der Waals surface area contributed by atoms with Crippen molar-refractivity contribution in [2.45, 2.75) is 125 Å². The van der Waals surface area contributed by atoms with Crippen LogP contribution < -0.4 is 0 Å². The van der Waals surface area contributed by atoms with Crippen LogP contribution in [0.4, 0.5) is 0 Å². The highest BCUT2D eigenvalue weighted by Crippen LogP contribution is 2.42. The number of piperidine rings is 2. The number of nitrogens with zero attached hydrogens (tertiary/aromatic N) is 4. The topological polar surface area (TPSA) is 13.0 Å². The van der Waals surface area contributed by atoms with Gasteiger partial charge in [-0.25, -0.2) is 0 Å². The quantitative estimate of drug-likeness (QED) is 0.367. The Morgan fingerprint density at radius 1 is 0.595 bits per heavy atom. The van der Waals surface area contributed by atoms with Gasteiger partial charge in [0, 0.05) is 49.8 Å². The summed E-state index contributed by atoms with van der Waals surface area (Å²) in [5.74, 6) is 2.69. The summed E-state index contributed by atoms with van der Waals surface area (Å²) in [6.45, 7) is 36.4. The number of likely N-dealkylation sites (tertiary alicyclic amines) is 4. The second-order valence-corrected chi connectivity index (χ2v) is 17.1. The first-order valence-corrected chi connectivity index (χ1v) is 16.0. The predicted octanol–water partition coefficient (Wildman–Crippen LogP) is 6.46. The minimum atomic E-state index is 0.337. The Hall–Kier alpha value is -0.160. The van der Waals surface area contributed by atoms with Gasteiger partial charge in [-0.3, -0.25) is 14.7 Å². The number of rotatable bonds is 8. The van der Waals surface area contributed by atoms with Crippen molar-refractivity contribution < 1.29 is 0 Å². The molecule has 0 amide bonds. The van der Waals surface area contributed by atoms with Crippen molar-refractivity contribution in [1.29, 1.82) is 0 Å². The molecule has 4 rings (SSSR count). The van der Waals surface area contributed by atoms with Crippen molar-refractivity contribution in [3.8, 4) is 0 Å². The van der Waals surface area contributed by atoms with Crippen LogP contribution in [0.25, 0.3) is 0 Å². The molecule has 0 bridgehead atoms. The molecule has 4 heterocycles. The molecule has 0 N–H and O–H groups in total. The molecule has 4 saturated heterocycles. The van der Waals surface area contributed by atoms with Crippen LogP contribution >= 0.6 is 0 Å². The van der Waals surface area contributed by atoms with Gasteiger partial charge in [0.05, 0.1) is 0 Å². The van der Waals surface area contributed by atoms with Crippen molar-refractivity contribution in [3.63, 3.8) is 0 Å². The van der Waals surface area contributed by atoms with E-state index in [-0.39, 0.29) is 0 Å². The van der Waals surface area contributed by atoms with Crippen LogP contribution in [0.1, 0.15) is 108 Å². The van der Waals surface area contributed by atoms with Gasteiger partial charge >= 0.3 is 0 Å². The molecule has 0 saturated carbocycles. The summed E-state index contributed by atoms with van der Waals surface area (Å²) in [6.07, 6.45) is 8.31. The van der Waals surface area contributed by atoms with Crippen LogP contribution in [0.15, 0.2) is 0 Å². The molecule has 0 spiro atoms. The van der Waals surface area contributed by atoms with E-state index in [1.807, 2.05) is 0 Å². The van der Waals surface area contributed by atoms with Gasteiger partial charge in [-0.05, 0) is 128 Å². The van der Waals surface area contributed by atoms with Crippen molar-refractivity contribution in [3.05, 3.63) is 0 Å². The zero-order valence-electron chi connectivity index (χ0n) is 26.7. The first kappa shape index (κ1) is 29.8. The number of hydrogen-bond acceptors (Lipinski definition) is 4. The molecule has 0 unspecified atom stereocenters. The molecule has 0 aromatic rings. The van der Waals surface area contributed by atoms with Crippen molar-refractivity contribution in [2.75, 3.05) is 58.9 Å². The lowest BCUT2D eigenvalue weighted by atomic mass is 9.69. The summed E-state index contributed by atoms with van der Waals surface area (Å²) in [5, 5.41) is 0. The summed E-state index contributed by atoms with van der Waals surface area (Å²) in [7, 11) is 0. The Balaban J connectivity index is 1.14. The van der Waals surface area contributed by atoms with Gasteiger partial charge in [-0.2, -0.15) is 0 Å². The van der Waals surface area contributed by atoms with E-state index in [1.165, 1.54) is 97.4 Å². The van der Waals surface area contributed by atoms with Crippen molar-refractivity contribution in [2.24, 2.45) is 28.6 Å². The average molecular weight is 517 g/mol. The zero-order chi connectivity index (χ0) is 27.2. The Bertz CT molecular complexity index is 716. The van der Waals surface area contributed by atoms with Crippen molar-refractivity contribution in [1.82, 2.24) is 19.6 Å². The van der Waals surface area contributed by atoms with Crippen LogP contribution in [0.2, 0.25) is 0 Å². The fourth-order valence-corrected chi connectivity index (χ4v) is 7.80. The Kier molecular flexibility index (Phi) is 8.88. The predicted molar refractivity (Wildman–Crippen MR) is 160 cm³/mol. The molecular formula is C33H64N4. The van der Waals surface area contributed by atoms with Crippen LogP contribution in [-0.2, 0) is 0 Å². The molecule has 4 fully saturated rings. The van der Waals surface area contributed by atoms with E-state index in [9.17, 15) is 0 Å². The fourth-order valence-electron chi connectivity index (χ4n) is 7.80. The first-order valence-electron chi connectivity index (χ1n) is 16.0. The van der Waals surface area contributed by atoms with Gasteiger partial charge in [0.15, 0.2) is 0 Å². The Labute approximate surface area is 231 Å². The summed E-state index contributed by atoms with van der Waals surface area (Å²) in [6, 6.07) is 0.812. The van der Waals surface area contributed by atoms with E-state index in [1.54, 1.807) is 0 Å². The maximum atomic E-state index is 2.81. The number of hydrogen-bond donors (Lipinski definition) is 0. The normalized spacial score (nSPS) is 26.4. The minimum Gasteiger partial charge on any atom is -0.303 e. The Morgan fingerprint density at radius 2 is 1.14 bits per heavy atom. The summed E-state index contributed by atoms with van der Waals surface area (Å²) in [5.41, 5.74) is 1.63. The molecule has 4 aliphatic rings. The third kappa shape index (κ3) is 7.33. The molecule has 0 atom stereocenters. The lowest BCUT2D eigenvalue weighted by Crippen LogP contribution is -2.65. The smallest absolute Gasteiger partial charge is 0.0350 e. The molecule has 0 aliphatic carbocycles. The van der Waals surface area contributed by atoms with E-state index >= 15 is 0 Å². The molecule has 0 aromatic heterocycles. The molecular weight excluding hydrogens is 452 g/mol. The van der Waals surface area contributed by atoms with Gasteiger partial charge in [-0.1, -0.05) is 34.6 Å². The zero-order valence-corrected chi connectivity index (χ0v) is 26.7. The maximum Gasteiger partial charge on any atom is 0.0350 e. The van der Waals surface area contributed by atoms with E-state index in [0.29, 0.717) is 21.9 Å². The fraction of sp³-hybridized carbons (Fsp3) is 1.00. The monoisotopic (exact) mass is 517 g/mol. The third-order valence-corrected chi connectivity index (χ3v) is 11.5. The van der Waals surface area contributed by atoms with Crippen LogP contribution in [0.5, 0.6) is 0 Å². The van der Waals surface area contributed by atoms with Gasteiger partial charge < -0.3 is 4.90 Å². The largest absolute Gasteiger partial charge is 0.303 e. The maximum absolute atomic E-state index is 2.81. The second-order valence-electron chi connectivity index (χ2n) is 17.1. The van der Waals surface area contributed by atoms with Gasteiger partial charge in [-0.15, -0.1) is 0 Å². The first-order chi connectivity index (χ1) is 17.0. The van der Waals surface area contributed by atoms with Gasteiger partial charge in [0.25, 0.3) is 0 Å². The lowest BCUT2D eigenvalue weighted by molar-refractivity contribution is -0.0457. The minimum absolute atomic E-state index is 0.337. The third-order valence-electron chi connectivity index (χ3n) is 11.5. The van der Waals surface area contributed by atoms with Crippen LogP contribution in [0, 0.1) is 28.6 Å². The van der Waals surface area contributed by atoms with E-state index in [0.717, 1.165) is 23.8 Å². The summed E-state index contributed by atoms with van der Waals surface area (Å²) >= 11 is 0. The highest BCUT2D eigenvalue weighted by Gasteiger charge is 2.43. The molecule has 0 aromatic carbocycles. The van der Waals surface area contributed by atoms with Crippen LogP contribution in [0.3, 0.4) is 0 Å². The highest BCUT2D eigenvalue weighted by atomic mass is 15.3. The molecule has 4 nitrogen and oxygen atoms in total. The second kappa shape index (κ2) is 11.0. The lowest BCUT2D eigenvalue weighted by Gasteiger charge is -2.54. The molecule has 37 heavy (non-hydrogen) atoms. The summed E-state index contributed by atoms with van der Waals surface area (Å²) < 4.78 is 0. The highest BCUT2D eigenvalue weighted by molar-refractivity contribution is 4.98. The molecule has 4 heteroatoms. The average Bonchev–Trinajstić information content (AvgIpc) is 2.73. The molecule has 0 radical (unpaired) electrons. The summed E-state index contributed by atoms with van der Waals surface area (Å²) in [4.78, 5) is 11.0. The van der Waals surface area contributed by atoms with Crippen molar-refractivity contribution >= 4 is 0 Å². The molecule has 4 aliphatic heterocycles. The van der Waals surface area contributed by atoms with E-state index in [4.69, 9.17) is 0 Å². The van der Waals surface area contributed by atoms with E-state index in [2.05, 4.69) is 88.8 Å². The SMILES string of the molecule is CC(C)(C)C1CCN(CC2CN(C(C)(C)CCC(C)(C)C3CCN(C4CN(C(C)(C)C)C4)CC3)C2)CC1. The van der Waals surface area contributed by atoms with E-state index < -0.39 is 0 Å². The molecule has 216 valence electrons. The van der Waals surface area contributed by atoms with Gasteiger partial charge in [0.2, 0.25) is 0 Å².